The molecule has 1 atom stereocenters. The van der Waals surface area contributed by atoms with Crippen molar-refractivity contribution in [2.75, 3.05) is 7.11 Å². The van der Waals surface area contributed by atoms with Crippen LogP contribution in [-0.4, -0.2) is 24.5 Å². The zero-order valence-corrected chi connectivity index (χ0v) is 13.1. The maximum Gasteiger partial charge on any atom is 0.331 e. The lowest BCUT2D eigenvalue weighted by atomic mass is 9.95. The third-order valence-electron chi connectivity index (χ3n) is 2.96. The second-order valence-corrected chi connectivity index (χ2v) is 5.47. The lowest BCUT2D eigenvalue weighted by Crippen LogP contribution is -2.52. The molecule has 1 unspecified atom stereocenters. The van der Waals surface area contributed by atoms with Gasteiger partial charge in [-0.15, -0.1) is 0 Å². The van der Waals surface area contributed by atoms with E-state index >= 15 is 0 Å². The number of benzene rings is 1. The molecule has 4 nitrogen and oxygen atoms in total. The molecule has 1 aromatic carbocycles. The molecule has 110 valence electrons. The molecule has 0 saturated heterocycles. The van der Waals surface area contributed by atoms with E-state index in [1.807, 2.05) is 6.92 Å². The van der Waals surface area contributed by atoms with E-state index in [0.717, 1.165) is 6.42 Å². The lowest BCUT2D eigenvalue weighted by molar-refractivity contribution is -0.147. The van der Waals surface area contributed by atoms with Gasteiger partial charge in [0.15, 0.2) is 0 Å². The molecule has 0 aliphatic heterocycles. The van der Waals surface area contributed by atoms with Crippen LogP contribution in [0.15, 0.2) is 18.2 Å². The van der Waals surface area contributed by atoms with Crippen LogP contribution in [0.4, 0.5) is 0 Å². The Hall–Kier alpha value is -1.26. The summed E-state index contributed by atoms with van der Waals surface area (Å²) in [5, 5.41) is 3.35. The van der Waals surface area contributed by atoms with Gasteiger partial charge in [0.05, 0.1) is 17.2 Å². The Morgan fingerprint density at radius 2 is 1.95 bits per heavy atom. The second-order valence-electron chi connectivity index (χ2n) is 4.66. The van der Waals surface area contributed by atoms with Gasteiger partial charge in [-0.3, -0.25) is 4.79 Å². The van der Waals surface area contributed by atoms with Crippen molar-refractivity contribution in [2.24, 2.45) is 0 Å². The van der Waals surface area contributed by atoms with Crippen molar-refractivity contribution in [1.82, 2.24) is 5.32 Å². The highest BCUT2D eigenvalue weighted by Crippen LogP contribution is 2.23. The van der Waals surface area contributed by atoms with Crippen molar-refractivity contribution in [2.45, 2.75) is 32.2 Å². The molecule has 6 heteroatoms. The number of hydrogen-bond acceptors (Lipinski definition) is 3. The molecule has 0 heterocycles. The van der Waals surface area contributed by atoms with Crippen LogP contribution in [0, 0.1) is 0 Å². The minimum Gasteiger partial charge on any atom is -0.467 e. The summed E-state index contributed by atoms with van der Waals surface area (Å²) in [6, 6.07) is 4.55. The largest absolute Gasteiger partial charge is 0.467 e. The number of amides is 1. The van der Waals surface area contributed by atoms with Crippen LogP contribution in [0.25, 0.3) is 0 Å². The summed E-state index contributed by atoms with van der Waals surface area (Å²) in [6.07, 6.45) is 1.21. The molecule has 0 saturated carbocycles. The Labute approximate surface area is 128 Å². The third-order valence-corrected chi connectivity index (χ3v) is 3.70. The van der Waals surface area contributed by atoms with E-state index in [4.69, 9.17) is 27.9 Å². The van der Waals surface area contributed by atoms with Crippen molar-refractivity contribution < 1.29 is 14.3 Å². The molecule has 0 aliphatic rings. The number of carbonyl (C=O) groups is 2. The molecule has 1 aromatic rings. The predicted molar refractivity (Wildman–Crippen MR) is 79.3 cm³/mol. The van der Waals surface area contributed by atoms with Crippen LogP contribution in [0.2, 0.25) is 10.0 Å². The van der Waals surface area contributed by atoms with E-state index in [9.17, 15) is 9.59 Å². The van der Waals surface area contributed by atoms with E-state index in [-0.39, 0.29) is 5.02 Å². The van der Waals surface area contributed by atoms with Gasteiger partial charge in [0.2, 0.25) is 0 Å². The molecule has 0 aliphatic carbocycles. The number of ether oxygens (including phenoxy) is 1. The Bertz CT molecular complexity index is 519. The van der Waals surface area contributed by atoms with Gasteiger partial charge in [0.1, 0.15) is 5.54 Å². The first-order valence-corrected chi connectivity index (χ1v) is 6.95. The molecule has 0 spiro atoms. The smallest absolute Gasteiger partial charge is 0.331 e. The number of carbonyl (C=O) groups excluding carboxylic acids is 2. The summed E-state index contributed by atoms with van der Waals surface area (Å²) in [6.45, 7) is 3.56. The summed E-state index contributed by atoms with van der Waals surface area (Å²) in [5.41, 5.74) is -0.724. The normalized spacial score (nSPS) is 13.4. The number of hydrogen-bond donors (Lipinski definition) is 1. The van der Waals surface area contributed by atoms with Crippen LogP contribution >= 0.6 is 23.2 Å². The zero-order valence-electron chi connectivity index (χ0n) is 11.6. The van der Waals surface area contributed by atoms with E-state index in [0.29, 0.717) is 17.0 Å². The van der Waals surface area contributed by atoms with Crippen molar-refractivity contribution in [3.63, 3.8) is 0 Å². The predicted octanol–water partition coefficient (Wildman–Crippen LogP) is 3.46. The third kappa shape index (κ3) is 3.87. The molecule has 1 rings (SSSR count). The molecule has 20 heavy (non-hydrogen) atoms. The molecular weight excluding hydrogens is 301 g/mol. The van der Waals surface area contributed by atoms with Crippen LogP contribution in [0.5, 0.6) is 0 Å². The second kappa shape index (κ2) is 6.95. The van der Waals surface area contributed by atoms with Gasteiger partial charge >= 0.3 is 5.97 Å². The summed E-state index contributed by atoms with van der Waals surface area (Å²) >= 11 is 11.7. The van der Waals surface area contributed by atoms with E-state index in [2.05, 4.69) is 5.32 Å². The molecule has 0 fully saturated rings. The zero-order chi connectivity index (χ0) is 15.3. The van der Waals surface area contributed by atoms with E-state index in [1.54, 1.807) is 13.0 Å². The molecule has 1 amide bonds. The maximum atomic E-state index is 12.2. The van der Waals surface area contributed by atoms with Crippen molar-refractivity contribution in [1.29, 1.82) is 0 Å². The molecule has 0 aromatic heterocycles. The Balaban J connectivity index is 2.96. The average molecular weight is 318 g/mol. The minimum atomic E-state index is -1.06. The topological polar surface area (TPSA) is 55.4 Å². The monoisotopic (exact) mass is 317 g/mol. The first-order chi connectivity index (χ1) is 9.34. The Morgan fingerprint density at radius 1 is 1.30 bits per heavy atom. The molecular formula is C14H17Cl2NO3. The van der Waals surface area contributed by atoms with Crippen LogP contribution in [0.1, 0.15) is 37.0 Å². The van der Waals surface area contributed by atoms with Gasteiger partial charge in [-0.1, -0.05) is 36.5 Å². The van der Waals surface area contributed by atoms with Crippen LogP contribution in [0.3, 0.4) is 0 Å². The number of esters is 1. The first-order valence-electron chi connectivity index (χ1n) is 6.20. The van der Waals surface area contributed by atoms with Crippen molar-refractivity contribution in [3.05, 3.63) is 33.8 Å². The summed E-state index contributed by atoms with van der Waals surface area (Å²) < 4.78 is 4.75. The quantitative estimate of drug-likeness (QED) is 0.846. The highest BCUT2D eigenvalue weighted by molar-refractivity contribution is 6.42. The highest BCUT2D eigenvalue weighted by atomic mass is 35.5. The fourth-order valence-electron chi connectivity index (χ4n) is 1.90. The van der Waals surface area contributed by atoms with Gasteiger partial charge in [-0.2, -0.15) is 0 Å². The standard InChI is InChI=1S/C14H17Cl2NO3/c1-4-7-14(2,13(19)20-3)17-12(18)9-5-6-10(15)11(16)8-9/h5-6,8H,4,7H2,1-3H3,(H,17,18). The van der Waals surface area contributed by atoms with Gasteiger partial charge in [0.25, 0.3) is 5.91 Å². The number of nitrogens with one attached hydrogen (secondary N) is 1. The summed E-state index contributed by atoms with van der Waals surface area (Å²) in [5.74, 6) is -0.877. The van der Waals surface area contributed by atoms with Gasteiger partial charge in [0, 0.05) is 5.56 Å². The Kier molecular flexibility index (Phi) is 5.84. The minimum absolute atomic E-state index is 0.287. The van der Waals surface area contributed by atoms with E-state index in [1.165, 1.54) is 19.2 Å². The fourth-order valence-corrected chi connectivity index (χ4v) is 2.20. The highest BCUT2D eigenvalue weighted by Gasteiger charge is 2.35. The number of rotatable bonds is 5. The first kappa shape index (κ1) is 16.8. The van der Waals surface area contributed by atoms with Crippen LogP contribution < -0.4 is 5.32 Å². The fraction of sp³-hybridized carbons (Fsp3) is 0.429. The molecule has 1 N–H and O–H groups in total. The summed E-state index contributed by atoms with van der Waals surface area (Å²) in [4.78, 5) is 24.0. The summed E-state index contributed by atoms with van der Waals surface area (Å²) in [7, 11) is 1.29. The van der Waals surface area contributed by atoms with Gasteiger partial charge < -0.3 is 10.1 Å². The molecule has 0 bridgehead atoms. The number of halogens is 2. The molecule has 0 radical (unpaired) electrons. The van der Waals surface area contributed by atoms with E-state index < -0.39 is 17.4 Å². The SMILES string of the molecule is CCCC(C)(NC(=O)c1ccc(Cl)c(Cl)c1)C(=O)OC. The number of methoxy groups -OCH3 is 1. The van der Waals surface area contributed by atoms with Crippen molar-refractivity contribution >= 4 is 35.1 Å². The lowest BCUT2D eigenvalue weighted by Gasteiger charge is -2.27. The van der Waals surface area contributed by atoms with Crippen molar-refractivity contribution in [3.8, 4) is 0 Å². The average Bonchev–Trinajstić information content (AvgIpc) is 2.40. The van der Waals surface area contributed by atoms with Gasteiger partial charge in [-0.25, -0.2) is 4.79 Å². The Morgan fingerprint density at radius 3 is 2.45 bits per heavy atom. The maximum absolute atomic E-state index is 12.2. The van der Waals surface area contributed by atoms with Gasteiger partial charge in [-0.05, 0) is 31.5 Å². The van der Waals surface area contributed by atoms with Crippen LogP contribution in [-0.2, 0) is 9.53 Å².